The van der Waals surface area contributed by atoms with Crippen molar-refractivity contribution in [2.24, 2.45) is 0 Å². The van der Waals surface area contributed by atoms with E-state index >= 15 is 0 Å². The van der Waals surface area contributed by atoms with Crippen molar-refractivity contribution in [2.75, 3.05) is 0 Å². The normalized spacial score (nSPS) is 18.5. The van der Waals surface area contributed by atoms with E-state index in [-0.39, 0.29) is 12.2 Å². The van der Waals surface area contributed by atoms with Crippen molar-refractivity contribution >= 4 is 7.82 Å². The molecule has 11 heteroatoms. The van der Waals surface area contributed by atoms with Gasteiger partial charge in [0.15, 0.2) is 0 Å². The van der Waals surface area contributed by atoms with Crippen LogP contribution in [-0.4, -0.2) is 26.9 Å². The van der Waals surface area contributed by atoms with Crippen LogP contribution in [0.3, 0.4) is 0 Å². The first kappa shape index (κ1) is 32.0. The van der Waals surface area contributed by atoms with Crippen LogP contribution in [-0.2, 0) is 34.2 Å². The summed E-state index contributed by atoms with van der Waals surface area (Å²) in [5.41, 5.74) is 0. The molecule has 0 spiro atoms. The lowest BCUT2D eigenvalue weighted by Gasteiger charge is -2.19. The highest BCUT2D eigenvalue weighted by Crippen LogP contribution is 2.26. The highest BCUT2D eigenvalue weighted by Gasteiger charge is 2.16. The van der Waals surface area contributed by atoms with Gasteiger partial charge in [-0.1, -0.05) is 52.4 Å². The van der Waals surface area contributed by atoms with Crippen LogP contribution < -0.4 is 0 Å². The minimum atomic E-state index is -4.64. The largest absolute Gasteiger partial charge is 0.466 e. The van der Waals surface area contributed by atoms with Gasteiger partial charge in [0.05, 0.1) is 12.2 Å². The number of hydrogen-bond acceptors (Lipinski definition) is 7. The fraction of sp³-hybridized carbons (Fsp3) is 0.818. The van der Waals surface area contributed by atoms with Gasteiger partial charge in [-0.3, -0.25) is 0 Å². The van der Waals surface area contributed by atoms with Crippen LogP contribution in [0.15, 0.2) is 23.7 Å². The molecule has 2 aliphatic rings. The molecule has 0 aromatic carbocycles. The first-order chi connectivity index (χ1) is 15.7. The van der Waals surface area contributed by atoms with E-state index in [0.29, 0.717) is 0 Å². The Labute approximate surface area is 197 Å². The van der Waals surface area contributed by atoms with Crippen molar-refractivity contribution in [3.8, 4) is 0 Å². The maximum Gasteiger partial charge on any atom is 0.466 e. The molecule has 0 saturated heterocycles. The molecule has 196 valence electrons. The highest BCUT2D eigenvalue weighted by atomic mass is 31.2. The van der Waals surface area contributed by atoms with Crippen LogP contribution in [0.1, 0.15) is 105 Å². The first-order valence-corrected chi connectivity index (χ1v) is 13.4. The summed E-state index contributed by atoms with van der Waals surface area (Å²) in [5.74, 6) is 1.61. The van der Waals surface area contributed by atoms with Crippen molar-refractivity contribution in [2.45, 2.75) is 117 Å². The van der Waals surface area contributed by atoms with Gasteiger partial charge >= 0.3 is 7.82 Å². The van der Waals surface area contributed by atoms with E-state index in [4.69, 9.17) is 48.9 Å². The Bertz CT molecular complexity index is 515. The lowest BCUT2D eigenvalue weighted by molar-refractivity contribution is -0.513. The average molecular weight is 499 g/mol. The molecule has 0 radical (unpaired) electrons. The van der Waals surface area contributed by atoms with E-state index in [1.165, 1.54) is 38.5 Å². The summed E-state index contributed by atoms with van der Waals surface area (Å²) in [6.07, 6.45) is 17.8. The number of phosphoric acid groups is 1. The summed E-state index contributed by atoms with van der Waals surface area (Å²) in [6.45, 7) is 7.87. The Balaban J connectivity index is 0.000000517. The Morgan fingerprint density at radius 2 is 1.03 bits per heavy atom. The van der Waals surface area contributed by atoms with E-state index in [9.17, 15) is 0 Å². The second kappa shape index (κ2) is 20.4. The molecule has 0 aliphatic heterocycles. The monoisotopic (exact) mass is 498 g/mol. The summed E-state index contributed by atoms with van der Waals surface area (Å²) < 4.78 is 8.88. The quantitative estimate of drug-likeness (QED) is 0.140. The van der Waals surface area contributed by atoms with Gasteiger partial charge in [-0.05, 0) is 61.8 Å². The van der Waals surface area contributed by atoms with Gasteiger partial charge in [-0.2, -0.15) is 9.78 Å². The van der Waals surface area contributed by atoms with Gasteiger partial charge < -0.3 is 24.5 Å². The Hall–Kier alpha value is -0.970. The first-order valence-electron chi connectivity index (χ1n) is 11.8. The molecule has 10 nitrogen and oxygen atoms in total. The number of rotatable bonds is 10. The molecule has 0 aromatic rings. The Morgan fingerprint density at radius 1 is 0.727 bits per heavy atom. The van der Waals surface area contributed by atoms with Crippen LogP contribution >= 0.6 is 7.82 Å². The second-order valence-corrected chi connectivity index (χ2v) is 8.77. The standard InChI is InChI=1S/2C11H20O3.H3O4P/c2*1-3-10(4-2)12-14-13-11-8-6-5-7-9-11;1-5(2,3)4/h2*3,11H,4-9H2,1-2H3;(H3,1,2,3,4). The predicted molar refractivity (Wildman–Crippen MR) is 123 cm³/mol. The third kappa shape index (κ3) is 21.3. The minimum Gasteiger partial charge on any atom is -0.313 e. The molecule has 33 heavy (non-hydrogen) atoms. The van der Waals surface area contributed by atoms with Crippen LogP contribution in [0.25, 0.3) is 0 Å². The maximum absolute atomic E-state index is 8.88. The van der Waals surface area contributed by atoms with E-state index in [1.54, 1.807) is 0 Å². The topological polar surface area (TPSA) is 133 Å². The average Bonchev–Trinajstić information content (AvgIpc) is 2.80. The maximum atomic E-state index is 8.88. The van der Waals surface area contributed by atoms with Gasteiger partial charge in [0, 0.05) is 12.8 Å². The molecule has 2 aliphatic carbocycles. The SMILES string of the molecule is CC=C(CC)OOOC1CCCCC1.CC=C(CC)OOOC1CCCCC1.O=P(O)(O)O. The van der Waals surface area contributed by atoms with Crippen LogP contribution in [0, 0.1) is 0 Å². The molecule has 3 N–H and O–H groups in total. The highest BCUT2D eigenvalue weighted by molar-refractivity contribution is 7.45. The van der Waals surface area contributed by atoms with E-state index < -0.39 is 7.82 Å². The van der Waals surface area contributed by atoms with Crippen molar-refractivity contribution in [3.63, 3.8) is 0 Å². The molecule has 2 rings (SSSR count). The summed E-state index contributed by atoms with van der Waals surface area (Å²) in [6, 6.07) is 0. The zero-order chi connectivity index (χ0) is 25.0. The fourth-order valence-corrected chi connectivity index (χ4v) is 3.18. The van der Waals surface area contributed by atoms with E-state index in [1.807, 2.05) is 39.8 Å². The molecule has 2 saturated carbocycles. The summed E-state index contributed by atoms with van der Waals surface area (Å²) >= 11 is 0. The molecule has 0 amide bonds. The van der Waals surface area contributed by atoms with Gasteiger partial charge in [0.2, 0.25) is 0 Å². The molecular weight excluding hydrogens is 455 g/mol. The van der Waals surface area contributed by atoms with Gasteiger partial charge in [-0.25, -0.2) is 4.57 Å². The van der Waals surface area contributed by atoms with Crippen LogP contribution in [0.2, 0.25) is 0 Å². The molecule has 0 bridgehead atoms. The Morgan fingerprint density at radius 3 is 1.27 bits per heavy atom. The zero-order valence-corrected chi connectivity index (χ0v) is 21.3. The van der Waals surface area contributed by atoms with Crippen molar-refractivity contribution in [3.05, 3.63) is 23.7 Å². The predicted octanol–water partition coefficient (Wildman–Crippen LogP) is 6.10. The van der Waals surface area contributed by atoms with Gasteiger partial charge in [0.25, 0.3) is 0 Å². The fourth-order valence-electron chi connectivity index (χ4n) is 3.18. The molecular formula is C22H43O10P. The smallest absolute Gasteiger partial charge is 0.313 e. The third-order valence-corrected chi connectivity index (χ3v) is 5.08. The Kier molecular flexibility index (Phi) is 19.8. The van der Waals surface area contributed by atoms with Crippen molar-refractivity contribution < 1.29 is 48.9 Å². The molecule has 0 heterocycles. The molecule has 2 fully saturated rings. The summed E-state index contributed by atoms with van der Waals surface area (Å²) in [5, 5.41) is 9.50. The molecule has 0 aromatic heterocycles. The third-order valence-electron chi connectivity index (χ3n) is 5.08. The van der Waals surface area contributed by atoms with E-state index in [2.05, 4.69) is 0 Å². The van der Waals surface area contributed by atoms with Crippen LogP contribution in [0.5, 0.6) is 0 Å². The number of hydrogen-bond donors (Lipinski definition) is 3. The second-order valence-electron chi connectivity index (χ2n) is 7.75. The lowest BCUT2D eigenvalue weighted by Crippen LogP contribution is -2.16. The summed E-state index contributed by atoms with van der Waals surface area (Å²) in [4.78, 5) is 41.8. The zero-order valence-electron chi connectivity index (χ0n) is 20.4. The molecule has 0 unspecified atom stereocenters. The number of allylic oxidation sites excluding steroid dienone is 4. The summed E-state index contributed by atoms with van der Waals surface area (Å²) in [7, 11) is -4.64. The van der Waals surface area contributed by atoms with Gasteiger partial charge in [0.1, 0.15) is 11.5 Å². The minimum absolute atomic E-state index is 0.221. The molecule has 0 atom stereocenters. The van der Waals surface area contributed by atoms with Crippen molar-refractivity contribution in [1.82, 2.24) is 0 Å². The van der Waals surface area contributed by atoms with Gasteiger partial charge in [-0.15, -0.1) is 0 Å². The van der Waals surface area contributed by atoms with E-state index in [0.717, 1.165) is 50.0 Å². The lowest BCUT2D eigenvalue weighted by atomic mass is 9.98. The van der Waals surface area contributed by atoms with Crippen molar-refractivity contribution in [1.29, 1.82) is 0 Å². The van der Waals surface area contributed by atoms with Crippen LogP contribution in [0.4, 0.5) is 0 Å².